The zero-order valence-corrected chi connectivity index (χ0v) is 11.6. The number of rotatable bonds is 3. The first-order valence-corrected chi connectivity index (χ1v) is 6.39. The standard InChI is InChI=1S/C11H13NO2S.C2H6/c1-4-5-6-10-9(3)15-11(14)12(10)7-8(2)13;1-2/h4-6H,3,7H2,1-2H3;1-2H3/b5-4-,10-6+;. The van der Waals surface area contributed by atoms with Gasteiger partial charge in [-0.3, -0.25) is 14.2 Å². The Morgan fingerprint density at radius 1 is 1.47 bits per heavy atom. The average molecular weight is 253 g/mol. The van der Waals surface area contributed by atoms with Crippen molar-refractivity contribution in [3.05, 3.63) is 31.7 Å². The number of allylic oxidation sites excluding steroid dienone is 2. The summed E-state index contributed by atoms with van der Waals surface area (Å²) >= 11 is 1.07. The van der Waals surface area contributed by atoms with Crippen LogP contribution in [0.15, 0.2) is 16.9 Å². The zero-order valence-electron chi connectivity index (χ0n) is 10.8. The highest BCUT2D eigenvalue weighted by atomic mass is 32.1. The van der Waals surface area contributed by atoms with Crippen LogP contribution in [0.4, 0.5) is 0 Å². The van der Waals surface area contributed by atoms with E-state index in [-0.39, 0.29) is 17.2 Å². The molecule has 0 unspecified atom stereocenters. The first-order chi connectivity index (χ1) is 8.06. The van der Waals surface area contributed by atoms with Crippen molar-refractivity contribution < 1.29 is 4.79 Å². The summed E-state index contributed by atoms with van der Waals surface area (Å²) in [6.07, 6.45) is 5.48. The van der Waals surface area contributed by atoms with E-state index >= 15 is 0 Å². The summed E-state index contributed by atoms with van der Waals surface area (Å²) in [5.41, 5.74) is 0. The van der Waals surface area contributed by atoms with Crippen LogP contribution in [0.2, 0.25) is 0 Å². The van der Waals surface area contributed by atoms with Gasteiger partial charge in [0.2, 0.25) is 0 Å². The summed E-state index contributed by atoms with van der Waals surface area (Å²) in [5, 5.41) is 0.721. The van der Waals surface area contributed by atoms with E-state index in [0.717, 1.165) is 16.7 Å². The Morgan fingerprint density at radius 3 is 2.53 bits per heavy atom. The predicted octanol–water partition coefficient (Wildman–Crippen LogP) is 1.29. The molecule has 0 aliphatic rings. The lowest BCUT2D eigenvalue weighted by Gasteiger charge is -1.96. The van der Waals surface area contributed by atoms with Crippen molar-refractivity contribution in [1.29, 1.82) is 0 Å². The summed E-state index contributed by atoms with van der Waals surface area (Å²) in [4.78, 5) is 22.4. The number of Topliss-reactive ketones (excluding diaryl/α,β-unsaturated/α-hetero) is 1. The third-order valence-corrected chi connectivity index (χ3v) is 2.69. The van der Waals surface area contributed by atoms with Gasteiger partial charge < -0.3 is 0 Å². The molecule has 0 saturated heterocycles. The molecule has 0 spiro atoms. The minimum atomic E-state index is -0.133. The molecule has 1 heterocycles. The number of thiazole rings is 1. The summed E-state index contributed by atoms with van der Waals surface area (Å²) in [7, 11) is 0. The van der Waals surface area contributed by atoms with Gasteiger partial charge in [-0.2, -0.15) is 0 Å². The monoisotopic (exact) mass is 253 g/mol. The average Bonchev–Trinajstić information content (AvgIpc) is 2.54. The molecule has 0 radical (unpaired) electrons. The number of carbonyl (C=O) groups excluding carboxylic acids is 1. The Morgan fingerprint density at radius 2 is 2.06 bits per heavy atom. The van der Waals surface area contributed by atoms with Crippen molar-refractivity contribution in [3.8, 4) is 0 Å². The molecule has 0 saturated carbocycles. The number of carbonyl (C=O) groups is 1. The maximum atomic E-state index is 11.5. The van der Waals surface area contributed by atoms with Crippen LogP contribution in [0.25, 0.3) is 12.7 Å². The van der Waals surface area contributed by atoms with Gasteiger partial charge in [0.25, 0.3) is 0 Å². The van der Waals surface area contributed by atoms with Gasteiger partial charge in [-0.15, -0.1) is 0 Å². The molecule has 1 aromatic rings. The van der Waals surface area contributed by atoms with E-state index in [9.17, 15) is 9.59 Å². The maximum absolute atomic E-state index is 11.5. The minimum absolute atomic E-state index is 0.0370. The van der Waals surface area contributed by atoms with Crippen molar-refractivity contribution in [2.75, 3.05) is 0 Å². The molecular formula is C13H19NO2S. The molecular weight excluding hydrogens is 234 g/mol. The topological polar surface area (TPSA) is 39.1 Å². The molecule has 1 aromatic heterocycles. The summed E-state index contributed by atoms with van der Waals surface area (Å²) < 4.78 is 2.15. The van der Waals surface area contributed by atoms with Crippen LogP contribution >= 0.6 is 11.3 Å². The molecule has 0 fully saturated rings. The SMILES string of the molecule is C=c1sc(=O)n(CC(C)=O)/c1=C/C=C\C.CC. The maximum Gasteiger partial charge on any atom is 0.308 e. The van der Waals surface area contributed by atoms with Gasteiger partial charge >= 0.3 is 4.87 Å². The van der Waals surface area contributed by atoms with E-state index < -0.39 is 0 Å². The Kier molecular flexibility index (Phi) is 7.14. The highest BCUT2D eigenvalue weighted by Crippen LogP contribution is 1.79. The summed E-state index contributed by atoms with van der Waals surface area (Å²) in [6.45, 7) is 11.3. The molecule has 3 nitrogen and oxygen atoms in total. The van der Waals surface area contributed by atoms with Crippen molar-refractivity contribution in [3.63, 3.8) is 0 Å². The molecule has 17 heavy (non-hydrogen) atoms. The second-order valence-corrected chi connectivity index (χ2v) is 4.20. The number of aromatic nitrogens is 1. The molecule has 0 amide bonds. The molecule has 0 aliphatic carbocycles. The first kappa shape index (κ1) is 15.6. The van der Waals surface area contributed by atoms with Gasteiger partial charge in [0.05, 0.1) is 11.9 Å². The van der Waals surface area contributed by atoms with Gasteiger partial charge in [0.15, 0.2) is 0 Å². The van der Waals surface area contributed by atoms with Gasteiger partial charge in [-0.05, 0) is 19.9 Å². The van der Waals surface area contributed by atoms with Crippen LogP contribution in [0, 0.1) is 0 Å². The van der Waals surface area contributed by atoms with Gasteiger partial charge in [0, 0.05) is 4.53 Å². The van der Waals surface area contributed by atoms with E-state index in [1.807, 2.05) is 32.9 Å². The van der Waals surface area contributed by atoms with E-state index in [2.05, 4.69) is 6.58 Å². The zero-order chi connectivity index (χ0) is 13.4. The van der Waals surface area contributed by atoms with Gasteiger partial charge in [0.1, 0.15) is 5.78 Å². The number of nitrogens with zero attached hydrogens (tertiary/aromatic N) is 1. The Balaban J connectivity index is 0.00000121. The van der Waals surface area contributed by atoms with Crippen LogP contribution in [-0.4, -0.2) is 10.4 Å². The van der Waals surface area contributed by atoms with E-state index in [4.69, 9.17) is 0 Å². The number of hydrogen-bond donors (Lipinski definition) is 0. The minimum Gasteiger partial charge on any atom is -0.298 e. The van der Waals surface area contributed by atoms with Crippen LogP contribution in [-0.2, 0) is 11.3 Å². The highest BCUT2D eigenvalue weighted by Gasteiger charge is 2.03. The molecule has 0 aromatic carbocycles. The largest absolute Gasteiger partial charge is 0.308 e. The Labute approximate surface area is 105 Å². The van der Waals surface area contributed by atoms with Crippen molar-refractivity contribution in [2.24, 2.45) is 0 Å². The first-order valence-electron chi connectivity index (χ1n) is 5.57. The molecule has 4 heteroatoms. The van der Waals surface area contributed by atoms with Crippen molar-refractivity contribution in [2.45, 2.75) is 34.2 Å². The predicted molar refractivity (Wildman–Crippen MR) is 74.7 cm³/mol. The van der Waals surface area contributed by atoms with Crippen LogP contribution in [0.3, 0.4) is 0 Å². The Hall–Kier alpha value is -1.42. The van der Waals surface area contributed by atoms with Crippen LogP contribution < -0.4 is 14.8 Å². The summed E-state index contributed by atoms with van der Waals surface area (Å²) in [5.74, 6) is -0.0370. The smallest absolute Gasteiger partial charge is 0.298 e. The molecule has 0 N–H and O–H groups in total. The molecule has 0 atom stereocenters. The lowest BCUT2D eigenvalue weighted by Crippen LogP contribution is -2.33. The van der Waals surface area contributed by atoms with Crippen LogP contribution in [0.5, 0.6) is 0 Å². The highest BCUT2D eigenvalue weighted by molar-refractivity contribution is 7.06. The van der Waals surface area contributed by atoms with Gasteiger partial charge in [-0.1, -0.05) is 43.9 Å². The second-order valence-electron chi connectivity index (χ2n) is 3.16. The van der Waals surface area contributed by atoms with Gasteiger partial charge in [-0.25, -0.2) is 0 Å². The number of ketones is 1. The third-order valence-electron chi connectivity index (χ3n) is 1.83. The fourth-order valence-corrected chi connectivity index (χ4v) is 1.97. The van der Waals surface area contributed by atoms with Crippen LogP contribution in [0.1, 0.15) is 27.7 Å². The lowest BCUT2D eigenvalue weighted by atomic mass is 10.4. The number of hydrogen-bond acceptors (Lipinski definition) is 3. The van der Waals surface area contributed by atoms with Crippen molar-refractivity contribution >= 4 is 29.8 Å². The molecule has 94 valence electrons. The van der Waals surface area contributed by atoms with E-state index in [1.54, 1.807) is 6.08 Å². The quantitative estimate of drug-likeness (QED) is 0.814. The fraction of sp³-hybridized carbons (Fsp3) is 0.385. The van der Waals surface area contributed by atoms with E-state index in [1.165, 1.54) is 11.5 Å². The lowest BCUT2D eigenvalue weighted by molar-refractivity contribution is -0.117. The second kappa shape index (κ2) is 7.79. The summed E-state index contributed by atoms with van der Waals surface area (Å²) in [6, 6.07) is 0. The fourth-order valence-electron chi connectivity index (χ4n) is 1.20. The molecule has 0 bridgehead atoms. The Bertz CT molecular complexity index is 549. The normalized spacial score (nSPS) is 11.4. The van der Waals surface area contributed by atoms with E-state index in [0.29, 0.717) is 4.53 Å². The molecule has 1 rings (SSSR count). The molecule has 0 aliphatic heterocycles. The third kappa shape index (κ3) is 4.53. The van der Waals surface area contributed by atoms with Crippen molar-refractivity contribution in [1.82, 2.24) is 4.57 Å².